The van der Waals surface area contributed by atoms with Crippen LogP contribution >= 0.6 is 22.7 Å². The molecule has 0 amide bonds. The first-order valence-corrected chi connectivity index (χ1v) is 20.0. The molecular formula is C44H71N3S2. The first kappa shape index (κ1) is 44.3. The molecule has 0 saturated heterocycles. The molecular weight excluding hydrogens is 635 g/mol. The van der Waals surface area contributed by atoms with E-state index in [9.17, 15) is 0 Å². The molecule has 0 unspecified atom stereocenters. The van der Waals surface area contributed by atoms with Crippen LogP contribution in [0.5, 0.6) is 0 Å². The van der Waals surface area contributed by atoms with E-state index in [1.165, 1.54) is 61.0 Å². The molecule has 5 heteroatoms. The maximum Gasteiger partial charge on any atom is 0.0178 e. The van der Waals surface area contributed by atoms with Crippen LogP contribution in [0.4, 0.5) is 0 Å². The Labute approximate surface area is 310 Å². The third-order valence-corrected chi connectivity index (χ3v) is 11.4. The second-order valence-electron chi connectivity index (χ2n) is 15.1. The zero-order valence-corrected chi connectivity index (χ0v) is 36.4. The van der Waals surface area contributed by atoms with Crippen LogP contribution in [0.25, 0.3) is 0 Å². The molecule has 0 saturated carbocycles. The molecule has 0 aliphatic carbocycles. The molecule has 5 aromatic rings. The van der Waals surface area contributed by atoms with Crippen LogP contribution in [0.3, 0.4) is 0 Å². The zero-order valence-electron chi connectivity index (χ0n) is 34.7. The summed E-state index contributed by atoms with van der Waals surface area (Å²) in [6.45, 7) is 35.4. The van der Waals surface area contributed by atoms with Gasteiger partial charge in [0.2, 0.25) is 0 Å². The van der Waals surface area contributed by atoms with Gasteiger partial charge < -0.3 is 13.7 Å². The topological polar surface area (TPSA) is 14.8 Å². The monoisotopic (exact) mass is 706 g/mol. The second kappa shape index (κ2) is 20.8. The van der Waals surface area contributed by atoms with Gasteiger partial charge in [-0.2, -0.15) is 11.3 Å². The average molecular weight is 706 g/mol. The van der Waals surface area contributed by atoms with Gasteiger partial charge in [-0.25, -0.2) is 0 Å². The van der Waals surface area contributed by atoms with Gasteiger partial charge in [0.1, 0.15) is 0 Å². The summed E-state index contributed by atoms with van der Waals surface area (Å²) in [4.78, 5) is 1.48. The zero-order chi connectivity index (χ0) is 37.7. The fraction of sp³-hybridized carbons (Fsp3) is 0.545. The fourth-order valence-electron chi connectivity index (χ4n) is 5.96. The van der Waals surface area contributed by atoms with E-state index in [1.54, 1.807) is 11.3 Å². The highest BCUT2D eigenvalue weighted by atomic mass is 32.1. The van der Waals surface area contributed by atoms with Gasteiger partial charge in [0.15, 0.2) is 0 Å². The molecule has 3 nitrogen and oxygen atoms in total. The van der Waals surface area contributed by atoms with Crippen LogP contribution in [-0.2, 0) is 21.1 Å². The van der Waals surface area contributed by atoms with Gasteiger partial charge in [0.25, 0.3) is 0 Å². The first-order chi connectivity index (χ1) is 22.7. The SMILES string of the molecule is CC(C)c1cccs1.CC(C)c1ccsc1.Cc1c(C(C)C)cn(C)c1C.Cc1cc(C(C)C)c(C)n1C.Cc1cn(C)c(C)c1C(C)C. The largest absolute Gasteiger partial charge is 0.354 e. The smallest absolute Gasteiger partial charge is 0.0178 e. The molecule has 0 atom stereocenters. The Hall–Kier alpha value is -2.76. The van der Waals surface area contributed by atoms with E-state index in [2.05, 4.69) is 198 Å². The van der Waals surface area contributed by atoms with E-state index in [0.29, 0.717) is 29.6 Å². The van der Waals surface area contributed by atoms with Crippen molar-refractivity contribution < 1.29 is 0 Å². The molecule has 0 aliphatic rings. The summed E-state index contributed by atoms with van der Waals surface area (Å²) in [6.07, 6.45) is 4.43. The van der Waals surface area contributed by atoms with Gasteiger partial charge in [-0.05, 0) is 139 Å². The van der Waals surface area contributed by atoms with E-state index < -0.39 is 0 Å². The van der Waals surface area contributed by atoms with Crippen molar-refractivity contribution in [1.29, 1.82) is 0 Å². The van der Waals surface area contributed by atoms with Crippen molar-refractivity contribution in [3.8, 4) is 0 Å². The van der Waals surface area contributed by atoms with Crippen LogP contribution in [0.2, 0.25) is 0 Å². The van der Waals surface area contributed by atoms with Gasteiger partial charge in [0.05, 0.1) is 0 Å². The Morgan fingerprint density at radius 1 is 0.571 bits per heavy atom. The van der Waals surface area contributed by atoms with Gasteiger partial charge in [-0.3, -0.25) is 0 Å². The van der Waals surface area contributed by atoms with Gasteiger partial charge in [-0.1, -0.05) is 75.3 Å². The molecule has 0 radical (unpaired) electrons. The minimum Gasteiger partial charge on any atom is -0.354 e. The summed E-state index contributed by atoms with van der Waals surface area (Å²) < 4.78 is 6.64. The van der Waals surface area contributed by atoms with Crippen molar-refractivity contribution in [2.24, 2.45) is 21.1 Å². The van der Waals surface area contributed by atoms with Crippen LogP contribution in [0.15, 0.2) is 52.8 Å². The Bertz CT molecular complexity index is 1520. The number of nitrogens with zero attached hydrogens (tertiary/aromatic N) is 3. The number of rotatable bonds is 5. The number of thiophene rings is 2. The van der Waals surface area contributed by atoms with Crippen LogP contribution < -0.4 is 0 Å². The van der Waals surface area contributed by atoms with Gasteiger partial charge in [-0.15, -0.1) is 11.3 Å². The molecule has 0 bridgehead atoms. The lowest BCUT2D eigenvalue weighted by molar-refractivity contribution is 0.806. The Morgan fingerprint density at radius 2 is 1.14 bits per heavy atom. The molecule has 0 aromatic carbocycles. The molecule has 5 aromatic heterocycles. The maximum absolute atomic E-state index is 2.28. The Kier molecular flexibility index (Phi) is 18.8. The molecule has 0 N–H and O–H groups in total. The van der Waals surface area contributed by atoms with E-state index in [1.807, 2.05) is 11.3 Å². The molecule has 5 rings (SSSR count). The van der Waals surface area contributed by atoms with Gasteiger partial charge >= 0.3 is 0 Å². The van der Waals surface area contributed by atoms with Crippen molar-refractivity contribution >= 4 is 22.7 Å². The lowest BCUT2D eigenvalue weighted by Gasteiger charge is -2.06. The fourth-order valence-corrected chi connectivity index (χ4v) is 7.52. The summed E-state index contributed by atoms with van der Waals surface area (Å²) in [5.74, 6) is 3.34. The molecule has 5 heterocycles. The predicted molar refractivity (Wildman–Crippen MR) is 224 cm³/mol. The van der Waals surface area contributed by atoms with Crippen LogP contribution in [0, 0.1) is 41.5 Å². The second-order valence-corrected chi connectivity index (χ2v) is 16.8. The van der Waals surface area contributed by atoms with E-state index >= 15 is 0 Å². The van der Waals surface area contributed by atoms with Crippen molar-refractivity contribution in [1.82, 2.24) is 13.7 Å². The number of aromatic nitrogens is 3. The molecule has 0 spiro atoms. The third-order valence-electron chi connectivity index (χ3n) is 9.53. The summed E-state index contributed by atoms with van der Waals surface area (Å²) in [6, 6.07) is 8.73. The molecule has 49 heavy (non-hydrogen) atoms. The van der Waals surface area contributed by atoms with Crippen molar-refractivity contribution in [2.45, 2.75) is 140 Å². The third kappa shape index (κ3) is 13.5. The van der Waals surface area contributed by atoms with E-state index in [4.69, 9.17) is 0 Å². The molecule has 0 aliphatic heterocycles. The molecule has 274 valence electrons. The van der Waals surface area contributed by atoms with Crippen molar-refractivity contribution in [2.75, 3.05) is 0 Å². The van der Waals surface area contributed by atoms with Crippen molar-refractivity contribution in [3.63, 3.8) is 0 Å². The highest BCUT2D eigenvalue weighted by molar-refractivity contribution is 7.10. The average Bonchev–Trinajstić information content (AvgIpc) is 3.85. The predicted octanol–water partition coefficient (Wildman–Crippen LogP) is 14.0. The van der Waals surface area contributed by atoms with Gasteiger partial charge in [0, 0.05) is 61.2 Å². The minimum absolute atomic E-state index is 0.648. The Morgan fingerprint density at radius 3 is 1.35 bits per heavy atom. The van der Waals surface area contributed by atoms with Crippen molar-refractivity contribution in [3.05, 3.63) is 114 Å². The highest BCUT2D eigenvalue weighted by Crippen LogP contribution is 2.25. The summed E-state index contributed by atoms with van der Waals surface area (Å²) in [7, 11) is 6.33. The highest BCUT2D eigenvalue weighted by Gasteiger charge is 2.11. The lowest BCUT2D eigenvalue weighted by atomic mass is 10.0. The number of hydrogen-bond acceptors (Lipinski definition) is 2. The van der Waals surface area contributed by atoms with E-state index in [-0.39, 0.29) is 0 Å². The standard InChI is InChI=1S/3C10H17N.2C7H10S/c1-7(2)10-6-11(5)9(4)8(10)3;1-7(2)10-8(3)6-11(5)9(10)4;1-7(2)10-6-8(3)11(5)9(10)4;1-6(2)7-3-4-8-5-7;1-6(2)7-4-3-5-8-7/h3*6-7H,1-5H3;2*3-6H,1-2H3. The molecule has 0 fully saturated rings. The van der Waals surface area contributed by atoms with E-state index in [0.717, 1.165) is 0 Å². The maximum atomic E-state index is 2.28. The number of hydrogen-bond donors (Lipinski definition) is 0. The quantitative estimate of drug-likeness (QED) is 0.173. The summed E-state index contributed by atoms with van der Waals surface area (Å²) in [5, 5.41) is 6.44. The Balaban J connectivity index is 0.000000308. The first-order valence-electron chi connectivity index (χ1n) is 18.2. The normalized spacial score (nSPS) is 10.9. The van der Waals surface area contributed by atoms with Crippen LogP contribution in [0.1, 0.15) is 160 Å². The summed E-state index contributed by atoms with van der Waals surface area (Å²) in [5.41, 5.74) is 14.3. The van der Waals surface area contributed by atoms with Crippen LogP contribution in [-0.4, -0.2) is 13.7 Å². The summed E-state index contributed by atoms with van der Waals surface area (Å²) >= 11 is 3.60. The number of aryl methyl sites for hydroxylation is 4. The lowest BCUT2D eigenvalue weighted by Crippen LogP contribution is -1.95. The minimum atomic E-state index is 0.648.